The van der Waals surface area contributed by atoms with Crippen LogP contribution >= 0.6 is 0 Å². The van der Waals surface area contributed by atoms with Crippen LogP contribution in [0, 0.1) is 0 Å². The minimum atomic E-state index is -1.01. The van der Waals surface area contributed by atoms with E-state index in [0.29, 0.717) is 35.7 Å². The van der Waals surface area contributed by atoms with E-state index in [4.69, 9.17) is 19.9 Å². The minimum absolute atomic E-state index is 0.350. The average molecular weight is 443 g/mol. The number of carbonyl (C=O) groups excluding carboxylic acids is 1. The SMILES string of the molecule is COc1cc2c(cc1N)OC(C)(C)[C@H](O)[C@H]2N(CCc1ccccc1)C(=O)OC(C)(C)C. The fourth-order valence-corrected chi connectivity index (χ4v) is 3.88. The van der Waals surface area contributed by atoms with E-state index in [1.807, 2.05) is 51.1 Å². The van der Waals surface area contributed by atoms with Crippen molar-refractivity contribution in [2.24, 2.45) is 0 Å². The van der Waals surface area contributed by atoms with Crippen molar-refractivity contribution in [2.75, 3.05) is 19.4 Å². The zero-order valence-corrected chi connectivity index (χ0v) is 19.7. The second-order valence-electron chi connectivity index (χ2n) is 9.64. The number of benzene rings is 2. The highest BCUT2D eigenvalue weighted by molar-refractivity contribution is 5.70. The summed E-state index contributed by atoms with van der Waals surface area (Å²) in [5.41, 5.74) is 6.60. The Labute approximate surface area is 190 Å². The van der Waals surface area contributed by atoms with Gasteiger partial charge in [0.1, 0.15) is 28.8 Å². The van der Waals surface area contributed by atoms with E-state index in [1.165, 1.54) is 7.11 Å². The van der Waals surface area contributed by atoms with Crippen molar-refractivity contribution in [1.29, 1.82) is 0 Å². The summed E-state index contributed by atoms with van der Waals surface area (Å²) in [7, 11) is 1.53. The summed E-state index contributed by atoms with van der Waals surface area (Å²) in [6, 6.07) is 12.6. The van der Waals surface area contributed by atoms with Crippen LogP contribution in [0.4, 0.5) is 10.5 Å². The van der Waals surface area contributed by atoms with Crippen LogP contribution in [-0.2, 0) is 11.2 Å². The van der Waals surface area contributed by atoms with Crippen molar-refractivity contribution >= 4 is 11.8 Å². The van der Waals surface area contributed by atoms with Gasteiger partial charge in [-0.05, 0) is 52.7 Å². The molecule has 0 saturated carbocycles. The Morgan fingerprint density at radius 3 is 2.47 bits per heavy atom. The maximum absolute atomic E-state index is 13.4. The number of aliphatic hydroxyl groups is 1. The highest BCUT2D eigenvalue weighted by atomic mass is 16.6. The van der Waals surface area contributed by atoms with Crippen LogP contribution in [0.1, 0.15) is 51.8 Å². The minimum Gasteiger partial charge on any atom is -0.495 e. The van der Waals surface area contributed by atoms with E-state index >= 15 is 0 Å². The number of ether oxygens (including phenoxy) is 3. The second-order valence-corrected chi connectivity index (χ2v) is 9.64. The molecule has 0 saturated heterocycles. The van der Waals surface area contributed by atoms with Crippen LogP contribution in [0.5, 0.6) is 11.5 Å². The molecule has 1 aliphatic rings. The summed E-state index contributed by atoms with van der Waals surface area (Å²) in [6.45, 7) is 9.40. The quantitative estimate of drug-likeness (QED) is 0.670. The number of methoxy groups -OCH3 is 1. The number of aliphatic hydroxyl groups excluding tert-OH is 1. The summed E-state index contributed by atoms with van der Waals surface area (Å²) in [5, 5.41) is 11.3. The number of hydrogen-bond donors (Lipinski definition) is 2. The molecule has 1 aliphatic heterocycles. The molecule has 7 nitrogen and oxygen atoms in total. The third-order valence-electron chi connectivity index (χ3n) is 5.51. The summed E-state index contributed by atoms with van der Waals surface area (Å²) < 4.78 is 17.2. The maximum Gasteiger partial charge on any atom is 0.410 e. The van der Waals surface area contributed by atoms with Gasteiger partial charge in [0.15, 0.2) is 0 Å². The molecule has 2 atom stereocenters. The molecule has 1 heterocycles. The van der Waals surface area contributed by atoms with Crippen LogP contribution in [0.2, 0.25) is 0 Å². The molecule has 3 rings (SSSR count). The Hall–Kier alpha value is -2.93. The molecule has 2 aromatic carbocycles. The van der Waals surface area contributed by atoms with E-state index in [1.54, 1.807) is 30.9 Å². The number of fused-ring (bicyclic) bond motifs is 1. The lowest BCUT2D eigenvalue weighted by atomic mass is 9.85. The molecule has 0 aromatic heterocycles. The van der Waals surface area contributed by atoms with Crippen LogP contribution in [0.15, 0.2) is 42.5 Å². The first kappa shape index (κ1) is 23.7. The van der Waals surface area contributed by atoms with Crippen LogP contribution in [-0.4, -0.2) is 47.1 Å². The van der Waals surface area contributed by atoms with Crippen molar-refractivity contribution in [3.8, 4) is 11.5 Å². The highest BCUT2D eigenvalue weighted by Gasteiger charge is 2.47. The lowest BCUT2D eigenvalue weighted by Crippen LogP contribution is -2.55. The normalized spacial score (nSPS) is 19.5. The molecule has 0 radical (unpaired) electrons. The molecule has 3 N–H and O–H groups in total. The van der Waals surface area contributed by atoms with Crippen molar-refractivity contribution in [3.63, 3.8) is 0 Å². The van der Waals surface area contributed by atoms with Crippen LogP contribution in [0.3, 0.4) is 0 Å². The van der Waals surface area contributed by atoms with E-state index in [0.717, 1.165) is 5.56 Å². The fourth-order valence-electron chi connectivity index (χ4n) is 3.88. The Bertz CT molecular complexity index is 953. The predicted octanol–water partition coefficient (Wildman–Crippen LogP) is 4.33. The lowest BCUT2D eigenvalue weighted by Gasteiger charge is -2.46. The van der Waals surface area contributed by atoms with E-state index in [2.05, 4.69) is 0 Å². The standard InChI is InChI=1S/C25H34N2O5/c1-24(2,3)32-23(29)27(13-12-16-10-8-7-9-11-16)21-17-14-20(30-6)18(26)15-19(17)31-25(4,5)22(21)28/h7-11,14-15,21-22,28H,12-13,26H2,1-6H3/t21-,22+/m0/s1. The molecular weight excluding hydrogens is 408 g/mol. The molecule has 174 valence electrons. The first-order valence-electron chi connectivity index (χ1n) is 10.8. The monoisotopic (exact) mass is 442 g/mol. The van der Waals surface area contributed by atoms with Crippen molar-refractivity contribution in [1.82, 2.24) is 4.90 Å². The molecule has 0 fully saturated rings. The highest BCUT2D eigenvalue weighted by Crippen LogP contribution is 2.46. The lowest BCUT2D eigenvalue weighted by molar-refractivity contribution is -0.0938. The molecule has 2 aromatic rings. The first-order valence-corrected chi connectivity index (χ1v) is 10.8. The van der Waals surface area contributed by atoms with E-state index in [-0.39, 0.29) is 0 Å². The number of nitrogens with two attached hydrogens (primary N) is 1. The van der Waals surface area contributed by atoms with Gasteiger partial charge >= 0.3 is 6.09 Å². The van der Waals surface area contributed by atoms with Gasteiger partial charge in [-0.3, -0.25) is 4.90 Å². The van der Waals surface area contributed by atoms with Gasteiger partial charge in [0.2, 0.25) is 0 Å². The van der Waals surface area contributed by atoms with Gasteiger partial charge in [0.05, 0.1) is 18.8 Å². The Kier molecular flexibility index (Phi) is 6.60. The number of nitrogen functional groups attached to an aromatic ring is 1. The molecule has 0 aliphatic carbocycles. The number of carbonyl (C=O) groups is 1. The smallest absolute Gasteiger partial charge is 0.410 e. The molecule has 0 bridgehead atoms. The average Bonchev–Trinajstić information content (AvgIpc) is 2.69. The van der Waals surface area contributed by atoms with E-state index in [9.17, 15) is 9.90 Å². The van der Waals surface area contributed by atoms with Crippen molar-refractivity contribution in [3.05, 3.63) is 53.6 Å². The van der Waals surface area contributed by atoms with Gasteiger partial charge in [-0.25, -0.2) is 4.79 Å². The Morgan fingerprint density at radius 1 is 1.22 bits per heavy atom. The largest absolute Gasteiger partial charge is 0.495 e. The van der Waals surface area contributed by atoms with Gasteiger partial charge in [-0.1, -0.05) is 30.3 Å². The topological polar surface area (TPSA) is 94.3 Å². The first-order chi connectivity index (χ1) is 14.9. The zero-order chi connectivity index (χ0) is 23.7. The van der Waals surface area contributed by atoms with Gasteiger partial charge in [0.25, 0.3) is 0 Å². The number of anilines is 1. The fraction of sp³-hybridized carbons (Fsp3) is 0.480. The van der Waals surface area contributed by atoms with Gasteiger partial charge < -0.3 is 25.1 Å². The predicted molar refractivity (Wildman–Crippen MR) is 124 cm³/mol. The number of hydrogen-bond acceptors (Lipinski definition) is 6. The van der Waals surface area contributed by atoms with Gasteiger partial charge in [0, 0.05) is 18.2 Å². The number of amides is 1. The van der Waals surface area contributed by atoms with Crippen molar-refractivity contribution in [2.45, 2.75) is 64.4 Å². The van der Waals surface area contributed by atoms with Crippen LogP contribution < -0.4 is 15.2 Å². The number of rotatable bonds is 5. The third-order valence-corrected chi connectivity index (χ3v) is 5.51. The Morgan fingerprint density at radius 2 is 1.88 bits per heavy atom. The molecule has 0 spiro atoms. The molecule has 32 heavy (non-hydrogen) atoms. The third kappa shape index (κ3) is 5.10. The molecule has 0 unspecified atom stereocenters. The summed E-state index contributed by atoms with van der Waals surface area (Å²) in [5.74, 6) is 0.966. The van der Waals surface area contributed by atoms with Gasteiger partial charge in [-0.15, -0.1) is 0 Å². The summed E-state index contributed by atoms with van der Waals surface area (Å²) >= 11 is 0. The summed E-state index contributed by atoms with van der Waals surface area (Å²) in [4.78, 5) is 14.9. The molecule has 1 amide bonds. The molecule has 7 heteroatoms. The Balaban J connectivity index is 2.07. The van der Waals surface area contributed by atoms with Crippen LogP contribution in [0.25, 0.3) is 0 Å². The second kappa shape index (κ2) is 8.90. The molecular formula is C25H34N2O5. The van der Waals surface area contributed by atoms with Crippen molar-refractivity contribution < 1.29 is 24.1 Å². The number of nitrogens with zero attached hydrogens (tertiary/aromatic N) is 1. The zero-order valence-electron chi connectivity index (χ0n) is 19.7. The van der Waals surface area contributed by atoms with E-state index < -0.39 is 29.4 Å². The summed E-state index contributed by atoms with van der Waals surface area (Å²) in [6.07, 6.45) is -0.907. The van der Waals surface area contributed by atoms with Gasteiger partial charge in [-0.2, -0.15) is 0 Å². The maximum atomic E-state index is 13.4.